The molecule has 0 spiro atoms. The SMILES string of the molecule is O=c1c(Cl)cc2ncc(F)c3c2n1C[C@@]3(O)CN1CCC(NCc2cc3c(cn2)OCS3)CC1. The van der Waals surface area contributed by atoms with Crippen LogP contribution in [0.1, 0.15) is 24.1 Å². The van der Waals surface area contributed by atoms with Gasteiger partial charge in [0.1, 0.15) is 22.4 Å². The Labute approximate surface area is 204 Å². The van der Waals surface area contributed by atoms with Gasteiger partial charge in [-0.1, -0.05) is 23.4 Å². The second-order valence-electron chi connectivity index (χ2n) is 9.09. The van der Waals surface area contributed by atoms with Crippen molar-refractivity contribution >= 4 is 34.4 Å². The van der Waals surface area contributed by atoms with Crippen LogP contribution in [0.4, 0.5) is 4.39 Å². The highest BCUT2D eigenvalue weighted by atomic mass is 35.5. The highest BCUT2D eigenvalue weighted by molar-refractivity contribution is 7.99. The van der Waals surface area contributed by atoms with Crippen LogP contribution < -0.4 is 15.6 Å². The lowest BCUT2D eigenvalue weighted by Gasteiger charge is -2.37. The highest BCUT2D eigenvalue weighted by Gasteiger charge is 2.43. The number of nitrogens with one attached hydrogen (secondary N) is 1. The molecule has 0 radical (unpaired) electrons. The third-order valence-corrected chi connectivity index (χ3v) is 8.00. The smallest absolute Gasteiger partial charge is 0.270 e. The van der Waals surface area contributed by atoms with Crippen LogP contribution in [-0.4, -0.2) is 56.2 Å². The van der Waals surface area contributed by atoms with Crippen LogP contribution in [0.2, 0.25) is 5.02 Å². The summed E-state index contributed by atoms with van der Waals surface area (Å²) in [5.41, 5.74) is -0.0960. The zero-order valence-corrected chi connectivity index (χ0v) is 19.8. The number of aliphatic hydroxyl groups is 1. The van der Waals surface area contributed by atoms with Gasteiger partial charge in [0.05, 0.1) is 46.1 Å². The fourth-order valence-corrected chi connectivity index (χ4v) is 6.19. The van der Waals surface area contributed by atoms with E-state index in [4.69, 9.17) is 16.3 Å². The zero-order valence-electron chi connectivity index (χ0n) is 18.3. The number of thioether (sulfide) groups is 1. The molecule has 6 heterocycles. The monoisotopic (exact) mass is 503 g/mol. The summed E-state index contributed by atoms with van der Waals surface area (Å²) in [4.78, 5) is 24.4. The predicted octanol–water partition coefficient (Wildman–Crippen LogP) is 2.48. The van der Waals surface area contributed by atoms with Gasteiger partial charge in [0.15, 0.2) is 5.75 Å². The van der Waals surface area contributed by atoms with Crippen LogP contribution in [0.3, 0.4) is 0 Å². The molecule has 34 heavy (non-hydrogen) atoms. The third kappa shape index (κ3) is 3.77. The topological polar surface area (TPSA) is 92.5 Å². The molecule has 11 heteroatoms. The average Bonchev–Trinajstić information content (AvgIpc) is 3.42. The fourth-order valence-electron chi connectivity index (χ4n) is 5.20. The van der Waals surface area contributed by atoms with Gasteiger partial charge in [-0.3, -0.25) is 19.7 Å². The number of ether oxygens (including phenoxy) is 1. The normalized spacial score (nSPS) is 22.3. The summed E-state index contributed by atoms with van der Waals surface area (Å²) in [6.07, 6.45) is 4.66. The number of likely N-dealkylation sites (tertiary alicyclic amines) is 1. The van der Waals surface area contributed by atoms with E-state index in [2.05, 4.69) is 26.3 Å². The molecule has 3 aliphatic heterocycles. The quantitative estimate of drug-likeness (QED) is 0.548. The van der Waals surface area contributed by atoms with Crippen molar-refractivity contribution in [3.63, 3.8) is 0 Å². The Hall–Kier alpha value is -2.24. The van der Waals surface area contributed by atoms with E-state index in [1.807, 2.05) is 0 Å². The number of pyridine rings is 3. The van der Waals surface area contributed by atoms with Gasteiger partial charge in [0.2, 0.25) is 0 Å². The largest absolute Gasteiger partial charge is 0.480 e. The molecule has 3 aliphatic rings. The number of halogens is 2. The number of nitrogens with zero attached hydrogens (tertiary/aromatic N) is 4. The molecule has 1 atom stereocenters. The summed E-state index contributed by atoms with van der Waals surface area (Å²) < 4.78 is 21.7. The van der Waals surface area contributed by atoms with E-state index < -0.39 is 17.0 Å². The van der Waals surface area contributed by atoms with Crippen molar-refractivity contribution in [1.29, 1.82) is 0 Å². The van der Waals surface area contributed by atoms with Gasteiger partial charge < -0.3 is 19.7 Å². The van der Waals surface area contributed by atoms with Crippen LogP contribution >= 0.6 is 23.4 Å². The lowest BCUT2D eigenvalue weighted by molar-refractivity contribution is -0.0159. The molecule has 3 aromatic heterocycles. The Morgan fingerprint density at radius 2 is 2.12 bits per heavy atom. The first-order chi connectivity index (χ1) is 16.4. The van der Waals surface area contributed by atoms with Gasteiger partial charge in [0, 0.05) is 19.1 Å². The first-order valence-electron chi connectivity index (χ1n) is 11.2. The van der Waals surface area contributed by atoms with Crippen LogP contribution in [-0.2, 0) is 18.7 Å². The number of hydrogen-bond acceptors (Lipinski definition) is 8. The van der Waals surface area contributed by atoms with E-state index in [0.29, 0.717) is 29.6 Å². The van der Waals surface area contributed by atoms with E-state index in [-0.39, 0.29) is 23.7 Å². The van der Waals surface area contributed by atoms with E-state index >= 15 is 0 Å². The van der Waals surface area contributed by atoms with Crippen molar-refractivity contribution < 1.29 is 14.2 Å². The Balaban J connectivity index is 1.12. The maximum atomic E-state index is 14.8. The summed E-state index contributed by atoms with van der Waals surface area (Å²) >= 11 is 7.73. The van der Waals surface area contributed by atoms with Crippen molar-refractivity contribution in [3.8, 4) is 5.75 Å². The molecule has 0 amide bonds. The fraction of sp³-hybridized carbons (Fsp3) is 0.435. The van der Waals surface area contributed by atoms with Crippen molar-refractivity contribution in [3.05, 3.63) is 57.0 Å². The molecule has 2 N–H and O–H groups in total. The number of β-amino-alcohol motifs (C(OH)–C–C–N with tert-alkyl or cyclic N) is 1. The summed E-state index contributed by atoms with van der Waals surface area (Å²) in [6, 6.07) is 3.83. The number of fused-ring (bicyclic) bond motifs is 1. The van der Waals surface area contributed by atoms with Crippen molar-refractivity contribution in [1.82, 2.24) is 24.8 Å². The molecule has 0 aromatic carbocycles. The Morgan fingerprint density at radius 3 is 2.94 bits per heavy atom. The minimum Gasteiger partial charge on any atom is -0.480 e. The van der Waals surface area contributed by atoms with Crippen LogP contribution in [0.25, 0.3) is 11.0 Å². The summed E-state index contributed by atoms with van der Waals surface area (Å²) in [7, 11) is 0. The average molecular weight is 504 g/mol. The lowest BCUT2D eigenvalue weighted by atomic mass is 9.93. The van der Waals surface area contributed by atoms with E-state index in [0.717, 1.165) is 48.5 Å². The van der Waals surface area contributed by atoms with Gasteiger partial charge in [-0.05, 0) is 38.1 Å². The molecule has 178 valence electrons. The minimum absolute atomic E-state index is 0.0117. The van der Waals surface area contributed by atoms with E-state index in [1.54, 1.807) is 18.0 Å². The summed E-state index contributed by atoms with van der Waals surface area (Å²) in [6.45, 7) is 2.39. The first-order valence-corrected chi connectivity index (χ1v) is 12.6. The summed E-state index contributed by atoms with van der Waals surface area (Å²) in [5, 5.41) is 15.1. The maximum Gasteiger partial charge on any atom is 0.270 e. The van der Waals surface area contributed by atoms with Gasteiger partial charge in [-0.2, -0.15) is 0 Å². The number of piperidine rings is 1. The Kier molecular flexibility index (Phi) is 5.53. The van der Waals surface area contributed by atoms with Gasteiger partial charge in [0.25, 0.3) is 5.56 Å². The minimum atomic E-state index is -1.52. The molecule has 0 saturated carbocycles. The van der Waals surface area contributed by atoms with Crippen molar-refractivity contribution in [2.75, 3.05) is 25.6 Å². The Bertz CT molecular complexity index is 1350. The molecule has 0 bridgehead atoms. The number of rotatable bonds is 5. The molecule has 1 fully saturated rings. The molecular weight excluding hydrogens is 481 g/mol. The summed E-state index contributed by atoms with van der Waals surface area (Å²) in [5.74, 6) is 0.881. The zero-order chi connectivity index (χ0) is 23.4. The van der Waals surface area contributed by atoms with Gasteiger partial charge in [-0.25, -0.2) is 4.39 Å². The standard InChI is InChI=1S/C23H23ClFN5O3S/c24-15-6-17-21-20(16(25)8-28-17)23(32,11-30(21)22(15)31)10-29-3-1-13(2-4-29)26-7-14-5-19-18(9-27-14)33-12-34-19/h5-6,8-9,13,26,32H,1-4,7,10-12H2/t23-/m0/s1. The van der Waals surface area contributed by atoms with Gasteiger partial charge in [-0.15, -0.1) is 0 Å². The molecule has 6 rings (SSSR count). The highest BCUT2D eigenvalue weighted by Crippen LogP contribution is 2.39. The molecule has 0 unspecified atom stereocenters. The van der Waals surface area contributed by atoms with Crippen molar-refractivity contribution in [2.24, 2.45) is 0 Å². The Morgan fingerprint density at radius 1 is 1.29 bits per heavy atom. The van der Waals surface area contributed by atoms with E-state index in [9.17, 15) is 14.3 Å². The second-order valence-corrected chi connectivity index (χ2v) is 10.5. The third-order valence-electron chi connectivity index (χ3n) is 6.86. The first kappa shape index (κ1) is 22.2. The van der Waals surface area contributed by atoms with Crippen LogP contribution in [0, 0.1) is 5.82 Å². The van der Waals surface area contributed by atoms with Crippen molar-refractivity contribution in [2.45, 2.75) is 42.5 Å². The van der Waals surface area contributed by atoms with Gasteiger partial charge >= 0.3 is 0 Å². The van der Waals surface area contributed by atoms with E-state index in [1.165, 1.54) is 10.6 Å². The number of hydrogen-bond donors (Lipinski definition) is 2. The second kappa shape index (κ2) is 8.46. The number of aromatic nitrogens is 3. The van der Waals surface area contributed by atoms with Crippen LogP contribution in [0.5, 0.6) is 5.75 Å². The maximum absolute atomic E-state index is 14.8. The molecule has 1 saturated heterocycles. The molecule has 0 aliphatic carbocycles. The lowest BCUT2D eigenvalue weighted by Crippen LogP contribution is -2.48. The van der Waals surface area contributed by atoms with Crippen LogP contribution in [0.15, 0.2) is 34.2 Å². The molecule has 8 nitrogen and oxygen atoms in total. The molecule has 3 aromatic rings. The predicted molar refractivity (Wildman–Crippen MR) is 127 cm³/mol. The molecular formula is C23H23ClFN5O3S.